The zero-order chi connectivity index (χ0) is 9.97. The molecule has 3 nitrogen and oxygen atoms in total. The van der Waals surface area contributed by atoms with Crippen molar-refractivity contribution in [2.24, 2.45) is 0 Å². The molecule has 0 N–H and O–H groups in total. The third-order valence-electron chi connectivity index (χ3n) is 2.03. The SMILES string of the molecule is Cc1cccnc1-n1ccc(=O)cc1. The first kappa shape index (κ1) is 8.69. The molecule has 0 aliphatic heterocycles. The van der Waals surface area contributed by atoms with E-state index in [4.69, 9.17) is 0 Å². The molecule has 3 heteroatoms. The van der Waals surface area contributed by atoms with Crippen LogP contribution in [0.1, 0.15) is 5.56 Å². The third-order valence-corrected chi connectivity index (χ3v) is 2.03. The van der Waals surface area contributed by atoms with Gasteiger partial charge in [-0.05, 0) is 18.6 Å². The lowest BCUT2D eigenvalue weighted by atomic mass is 10.3. The summed E-state index contributed by atoms with van der Waals surface area (Å²) in [4.78, 5) is 15.1. The summed E-state index contributed by atoms with van der Waals surface area (Å²) in [5.74, 6) is 0.854. The normalized spacial score (nSPS) is 10.1. The summed E-state index contributed by atoms with van der Waals surface area (Å²) in [6.07, 6.45) is 5.18. The quantitative estimate of drug-likeness (QED) is 0.677. The highest BCUT2D eigenvalue weighted by Crippen LogP contribution is 2.07. The van der Waals surface area contributed by atoms with E-state index >= 15 is 0 Å². The Morgan fingerprint density at radius 1 is 1.21 bits per heavy atom. The second-order valence-corrected chi connectivity index (χ2v) is 3.09. The Kier molecular flexibility index (Phi) is 2.14. The lowest BCUT2D eigenvalue weighted by Gasteiger charge is -2.06. The minimum Gasteiger partial charge on any atom is -0.308 e. The van der Waals surface area contributed by atoms with Crippen molar-refractivity contribution >= 4 is 0 Å². The predicted molar refractivity (Wildman–Crippen MR) is 54.6 cm³/mol. The average Bonchev–Trinajstić information content (AvgIpc) is 2.20. The molecule has 2 aromatic rings. The molecular formula is C11H10N2O. The molecule has 14 heavy (non-hydrogen) atoms. The first-order valence-corrected chi connectivity index (χ1v) is 4.38. The lowest BCUT2D eigenvalue weighted by molar-refractivity contribution is 0.963. The highest BCUT2D eigenvalue weighted by Gasteiger charge is 1.98. The van der Waals surface area contributed by atoms with E-state index in [1.165, 1.54) is 12.1 Å². The van der Waals surface area contributed by atoms with Crippen molar-refractivity contribution in [1.29, 1.82) is 0 Å². The highest BCUT2D eigenvalue weighted by molar-refractivity contribution is 5.32. The van der Waals surface area contributed by atoms with E-state index in [1.54, 1.807) is 18.6 Å². The summed E-state index contributed by atoms with van der Waals surface area (Å²) in [7, 11) is 0. The topological polar surface area (TPSA) is 34.9 Å². The smallest absolute Gasteiger partial charge is 0.181 e. The van der Waals surface area contributed by atoms with Crippen molar-refractivity contribution < 1.29 is 0 Å². The van der Waals surface area contributed by atoms with E-state index < -0.39 is 0 Å². The Morgan fingerprint density at radius 2 is 1.93 bits per heavy atom. The molecule has 2 heterocycles. The first-order chi connectivity index (χ1) is 6.77. The van der Waals surface area contributed by atoms with Gasteiger partial charge in [0.2, 0.25) is 0 Å². The molecule has 0 aliphatic carbocycles. The second kappa shape index (κ2) is 3.46. The van der Waals surface area contributed by atoms with Gasteiger partial charge >= 0.3 is 0 Å². The summed E-state index contributed by atoms with van der Waals surface area (Å²) in [6, 6.07) is 6.92. The van der Waals surface area contributed by atoms with Crippen LogP contribution in [0.15, 0.2) is 47.7 Å². The summed E-state index contributed by atoms with van der Waals surface area (Å²) in [5, 5.41) is 0. The monoisotopic (exact) mass is 186 g/mol. The molecule has 70 valence electrons. The van der Waals surface area contributed by atoms with E-state index in [0.29, 0.717) is 0 Å². The maximum Gasteiger partial charge on any atom is 0.181 e. The molecule has 0 aromatic carbocycles. The number of nitrogens with zero attached hydrogens (tertiary/aromatic N) is 2. The molecule has 0 spiro atoms. The van der Waals surface area contributed by atoms with Crippen LogP contribution < -0.4 is 5.43 Å². The number of rotatable bonds is 1. The first-order valence-electron chi connectivity index (χ1n) is 4.38. The van der Waals surface area contributed by atoms with Gasteiger partial charge in [0.25, 0.3) is 0 Å². The van der Waals surface area contributed by atoms with E-state index in [1.807, 2.05) is 23.6 Å². The fraction of sp³-hybridized carbons (Fsp3) is 0.0909. The molecule has 0 atom stereocenters. The van der Waals surface area contributed by atoms with Crippen LogP contribution in [0.2, 0.25) is 0 Å². The molecule has 0 amide bonds. The third kappa shape index (κ3) is 1.57. The minimum absolute atomic E-state index is 0.00911. The molecule has 0 unspecified atom stereocenters. The molecule has 2 aromatic heterocycles. The van der Waals surface area contributed by atoms with Gasteiger partial charge in [0, 0.05) is 30.7 Å². The minimum atomic E-state index is 0.00911. The van der Waals surface area contributed by atoms with Gasteiger partial charge < -0.3 is 4.57 Å². The zero-order valence-corrected chi connectivity index (χ0v) is 7.84. The van der Waals surface area contributed by atoms with Gasteiger partial charge in [-0.15, -0.1) is 0 Å². The van der Waals surface area contributed by atoms with Crippen LogP contribution in [0.25, 0.3) is 5.82 Å². The number of hydrogen-bond acceptors (Lipinski definition) is 2. The summed E-state index contributed by atoms with van der Waals surface area (Å²) in [6.45, 7) is 1.99. The van der Waals surface area contributed by atoms with E-state index in [9.17, 15) is 4.79 Å². The fourth-order valence-corrected chi connectivity index (χ4v) is 1.30. The molecule has 2 rings (SSSR count). The second-order valence-electron chi connectivity index (χ2n) is 3.09. The molecule has 0 saturated carbocycles. The van der Waals surface area contributed by atoms with E-state index in [0.717, 1.165) is 11.4 Å². The largest absolute Gasteiger partial charge is 0.308 e. The number of aromatic nitrogens is 2. The van der Waals surface area contributed by atoms with Crippen LogP contribution in [-0.2, 0) is 0 Å². The van der Waals surface area contributed by atoms with Crippen LogP contribution in [0.3, 0.4) is 0 Å². The number of pyridine rings is 2. The van der Waals surface area contributed by atoms with Gasteiger partial charge in [-0.3, -0.25) is 4.79 Å². The van der Waals surface area contributed by atoms with Crippen molar-refractivity contribution in [3.05, 3.63) is 58.6 Å². The molecule has 0 saturated heterocycles. The number of aryl methyl sites for hydroxylation is 1. The molecule has 0 fully saturated rings. The molecule has 0 radical (unpaired) electrons. The summed E-state index contributed by atoms with van der Waals surface area (Å²) >= 11 is 0. The lowest BCUT2D eigenvalue weighted by Crippen LogP contribution is -2.04. The van der Waals surface area contributed by atoms with Crippen molar-refractivity contribution in [2.75, 3.05) is 0 Å². The van der Waals surface area contributed by atoms with Crippen molar-refractivity contribution in [1.82, 2.24) is 9.55 Å². The van der Waals surface area contributed by atoms with Crippen LogP contribution >= 0.6 is 0 Å². The van der Waals surface area contributed by atoms with Gasteiger partial charge in [0.05, 0.1) is 0 Å². The van der Waals surface area contributed by atoms with Crippen LogP contribution in [0.4, 0.5) is 0 Å². The van der Waals surface area contributed by atoms with Gasteiger partial charge in [-0.1, -0.05) is 6.07 Å². The Balaban J connectivity index is 2.55. The summed E-state index contributed by atoms with van der Waals surface area (Å²) < 4.78 is 1.83. The molecular weight excluding hydrogens is 176 g/mol. The van der Waals surface area contributed by atoms with Gasteiger partial charge in [0.15, 0.2) is 5.43 Å². The standard InChI is InChI=1S/C11H10N2O/c1-9-3-2-6-12-11(9)13-7-4-10(14)5-8-13/h2-8H,1H3. The molecule has 0 aliphatic rings. The maximum absolute atomic E-state index is 10.9. The van der Waals surface area contributed by atoms with Crippen LogP contribution in [0.5, 0.6) is 0 Å². The Bertz CT molecular complexity index is 482. The Morgan fingerprint density at radius 3 is 2.57 bits per heavy atom. The Hall–Kier alpha value is -1.90. The van der Waals surface area contributed by atoms with Crippen molar-refractivity contribution in [3.63, 3.8) is 0 Å². The fourth-order valence-electron chi connectivity index (χ4n) is 1.30. The van der Waals surface area contributed by atoms with Crippen molar-refractivity contribution in [2.45, 2.75) is 6.92 Å². The van der Waals surface area contributed by atoms with Crippen LogP contribution in [0, 0.1) is 6.92 Å². The van der Waals surface area contributed by atoms with E-state index in [2.05, 4.69) is 4.98 Å². The maximum atomic E-state index is 10.9. The average molecular weight is 186 g/mol. The van der Waals surface area contributed by atoms with Gasteiger partial charge in [0.1, 0.15) is 5.82 Å². The van der Waals surface area contributed by atoms with Gasteiger partial charge in [-0.25, -0.2) is 4.98 Å². The Labute approximate surface area is 81.7 Å². The zero-order valence-electron chi connectivity index (χ0n) is 7.84. The number of hydrogen-bond donors (Lipinski definition) is 0. The molecule has 0 bridgehead atoms. The van der Waals surface area contributed by atoms with Crippen molar-refractivity contribution in [3.8, 4) is 5.82 Å². The van der Waals surface area contributed by atoms with Gasteiger partial charge in [-0.2, -0.15) is 0 Å². The predicted octanol–water partition coefficient (Wildman–Crippen LogP) is 1.54. The summed E-state index contributed by atoms with van der Waals surface area (Å²) in [5.41, 5.74) is 1.09. The van der Waals surface area contributed by atoms with E-state index in [-0.39, 0.29) is 5.43 Å². The highest BCUT2D eigenvalue weighted by atomic mass is 16.1. The van der Waals surface area contributed by atoms with Crippen LogP contribution in [-0.4, -0.2) is 9.55 Å².